The van der Waals surface area contributed by atoms with Gasteiger partial charge in [0.1, 0.15) is 0 Å². The van der Waals surface area contributed by atoms with Gasteiger partial charge in [0.25, 0.3) is 0 Å². The van der Waals surface area contributed by atoms with Crippen LogP contribution in [0.15, 0.2) is 72.8 Å². The van der Waals surface area contributed by atoms with Crippen molar-refractivity contribution in [1.82, 2.24) is 0 Å². The maximum atomic E-state index is 3.48. The van der Waals surface area contributed by atoms with Gasteiger partial charge in [0, 0.05) is 64.0 Å². The van der Waals surface area contributed by atoms with Gasteiger partial charge in [-0.15, -0.1) is 0 Å². The zero-order valence-corrected chi connectivity index (χ0v) is 17.2. The van der Waals surface area contributed by atoms with Gasteiger partial charge in [-0.25, -0.2) is 0 Å². The second kappa shape index (κ2) is 9.18. The lowest BCUT2D eigenvalue weighted by Gasteiger charge is -2.14. The molecule has 0 aliphatic heterocycles. The molecule has 4 nitrogen and oxygen atoms in total. The fourth-order valence-electron chi connectivity index (χ4n) is 2.94. The van der Waals surface area contributed by atoms with E-state index in [1.54, 1.807) is 0 Å². The molecule has 0 spiro atoms. The standard InChI is InChI=1S/C24H30N4/c1-27(2)23-13-5-19(6-14-23)17-25-21-9-11-22(12-10-21)26-18-20-7-15-24(16-8-20)28(3)4/h5-16,25-26H,17-18H2,1-4H3. The number of nitrogens with zero attached hydrogens (tertiary/aromatic N) is 2. The summed E-state index contributed by atoms with van der Waals surface area (Å²) in [6.45, 7) is 1.64. The molecule has 0 fully saturated rings. The van der Waals surface area contributed by atoms with Crippen molar-refractivity contribution in [2.75, 3.05) is 48.6 Å². The first kappa shape index (κ1) is 19.6. The van der Waals surface area contributed by atoms with E-state index in [1.807, 2.05) is 0 Å². The van der Waals surface area contributed by atoms with Crippen molar-refractivity contribution in [3.8, 4) is 0 Å². The fourth-order valence-corrected chi connectivity index (χ4v) is 2.94. The largest absolute Gasteiger partial charge is 0.381 e. The number of anilines is 4. The van der Waals surface area contributed by atoms with E-state index in [2.05, 4.69) is 121 Å². The lowest BCUT2D eigenvalue weighted by molar-refractivity contribution is 1.11. The smallest absolute Gasteiger partial charge is 0.0400 e. The molecular formula is C24H30N4. The summed E-state index contributed by atoms with van der Waals surface area (Å²) in [5.74, 6) is 0. The molecule has 146 valence electrons. The second-order valence-corrected chi connectivity index (χ2v) is 7.41. The fraction of sp³-hybridized carbons (Fsp3) is 0.250. The molecule has 0 aromatic heterocycles. The number of benzene rings is 3. The first-order chi connectivity index (χ1) is 13.5. The minimum Gasteiger partial charge on any atom is -0.381 e. The van der Waals surface area contributed by atoms with Crippen LogP contribution in [0.5, 0.6) is 0 Å². The Morgan fingerprint density at radius 1 is 0.500 bits per heavy atom. The number of rotatable bonds is 8. The van der Waals surface area contributed by atoms with Crippen molar-refractivity contribution < 1.29 is 0 Å². The number of hydrogen-bond acceptors (Lipinski definition) is 4. The molecule has 0 aliphatic rings. The molecule has 0 radical (unpaired) electrons. The van der Waals surface area contributed by atoms with Crippen LogP contribution in [0.25, 0.3) is 0 Å². The third-order valence-electron chi connectivity index (χ3n) is 4.78. The van der Waals surface area contributed by atoms with Crippen LogP contribution in [-0.2, 0) is 13.1 Å². The maximum absolute atomic E-state index is 3.48. The van der Waals surface area contributed by atoms with Crippen molar-refractivity contribution in [2.24, 2.45) is 0 Å². The average molecular weight is 375 g/mol. The van der Waals surface area contributed by atoms with E-state index in [9.17, 15) is 0 Å². The van der Waals surface area contributed by atoms with Gasteiger partial charge < -0.3 is 20.4 Å². The molecule has 0 heterocycles. The van der Waals surface area contributed by atoms with E-state index in [-0.39, 0.29) is 0 Å². The van der Waals surface area contributed by atoms with Crippen molar-refractivity contribution in [3.05, 3.63) is 83.9 Å². The van der Waals surface area contributed by atoms with Crippen molar-refractivity contribution in [2.45, 2.75) is 13.1 Å². The summed E-state index contributed by atoms with van der Waals surface area (Å²) in [5, 5.41) is 6.96. The Morgan fingerprint density at radius 2 is 0.821 bits per heavy atom. The van der Waals surface area contributed by atoms with Crippen LogP contribution in [0.1, 0.15) is 11.1 Å². The van der Waals surface area contributed by atoms with Crippen molar-refractivity contribution >= 4 is 22.7 Å². The Labute approximate surface area is 168 Å². The molecule has 0 aliphatic carbocycles. The summed E-state index contributed by atoms with van der Waals surface area (Å²) in [6, 6.07) is 25.7. The first-order valence-electron chi connectivity index (χ1n) is 9.61. The van der Waals surface area contributed by atoms with Crippen LogP contribution in [0, 0.1) is 0 Å². The zero-order chi connectivity index (χ0) is 19.9. The van der Waals surface area contributed by atoms with E-state index in [1.165, 1.54) is 22.5 Å². The molecule has 28 heavy (non-hydrogen) atoms. The molecule has 0 unspecified atom stereocenters. The lowest BCUT2D eigenvalue weighted by Crippen LogP contribution is -2.08. The summed E-state index contributed by atoms with van der Waals surface area (Å²) in [4.78, 5) is 4.22. The molecule has 0 bridgehead atoms. The highest BCUT2D eigenvalue weighted by atomic mass is 15.1. The monoisotopic (exact) mass is 374 g/mol. The van der Waals surface area contributed by atoms with Crippen LogP contribution >= 0.6 is 0 Å². The molecule has 0 saturated heterocycles. The lowest BCUT2D eigenvalue weighted by atomic mass is 10.2. The third-order valence-corrected chi connectivity index (χ3v) is 4.78. The molecule has 3 aromatic rings. The predicted octanol–water partition coefficient (Wildman–Crippen LogP) is 5.04. The van der Waals surface area contributed by atoms with E-state index in [0.29, 0.717) is 0 Å². The Bertz CT molecular complexity index is 776. The van der Waals surface area contributed by atoms with Gasteiger partial charge in [-0.3, -0.25) is 0 Å². The SMILES string of the molecule is CN(C)c1ccc(CNc2ccc(NCc3ccc(N(C)C)cc3)cc2)cc1. The van der Waals surface area contributed by atoms with E-state index in [0.717, 1.165) is 24.5 Å². The van der Waals surface area contributed by atoms with Gasteiger partial charge in [-0.1, -0.05) is 24.3 Å². The van der Waals surface area contributed by atoms with Gasteiger partial charge in [-0.2, -0.15) is 0 Å². The van der Waals surface area contributed by atoms with Crippen LogP contribution in [0.4, 0.5) is 22.7 Å². The highest BCUT2D eigenvalue weighted by molar-refractivity contribution is 5.55. The minimum atomic E-state index is 0.818. The Morgan fingerprint density at radius 3 is 1.11 bits per heavy atom. The molecule has 4 heteroatoms. The molecule has 2 N–H and O–H groups in total. The van der Waals surface area contributed by atoms with Gasteiger partial charge in [-0.05, 0) is 59.7 Å². The topological polar surface area (TPSA) is 30.5 Å². The average Bonchev–Trinajstić information content (AvgIpc) is 2.72. The summed E-state index contributed by atoms with van der Waals surface area (Å²) in [5.41, 5.74) is 7.23. The van der Waals surface area contributed by atoms with Crippen molar-refractivity contribution in [1.29, 1.82) is 0 Å². The Balaban J connectivity index is 1.49. The molecular weight excluding hydrogens is 344 g/mol. The first-order valence-corrected chi connectivity index (χ1v) is 9.61. The second-order valence-electron chi connectivity index (χ2n) is 7.41. The summed E-state index contributed by atoms with van der Waals surface area (Å²) >= 11 is 0. The van der Waals surface area contributed by atoms with E-state index in [4.69, 9.17) is 0 Å². The Kier molecular flexibility index (Phi) is 6.43. The molecule has 0 saturated carbocycles. The van der Waals surface area contributed by atoms with Crippen LogP contribution in [0.3, 0.4) is 0 Å². The summed E-state index contributed by atoms with van der Waals surface area (Å²) in [6.07, 6.45) is 0. The predicted molar refractivity (Wildman–Crippen MR) is 123 cm³/mol. The summed E-state index contributed by atoms with van der Waals surface area (Å²) < 4.78 is 0. The normalized spacial score (nSPS) is 10.4. The quantitative estimate of drug-likeness (QED) is 0.578. The van der Waals surface area contributed by atoms with Gasteiger partial charge in [0.05, 0.1) is 0 Å². The molecule has 3 rings (SSSR count). The minimum absolute atomic E-state index is 0.818. The van der Waals surface area contributed by atoms with Crippen LogP contribution in [0.2, 0.25) is 0 Å². The maximum Gasteiger partial charge on any atom is 0.0400 e. The van der Waals surface area contributed by atoms with Gasteiger partial charge in [0.2, 0.25) is 0 Å². The third kappa shape index (κ3) is 5.43. The summed E-state index contributed by atoms with van der Waals surface area (Å²) in [7, 11) is 8.23. The highest BCUT2D eigenvalue weighted by Gasteiger charge is 1.99. The highest BCUT2D eigenvalue weighted by Crippen LogP contribution is 2.18. The van der Waals surface area contributed by atoms with E-state index < -0.39 is 0 Å². The number of hydrogen-bond donors (Lipinski definition) is 2. The van der Waals surface area contributed by atoms with Gasteiger partial charge >= 0.3 is 0 Å². The number of nitrogens with one attached hydrogen (secondary N) is 2. The van der Waals surface area contributed by atoms with E-state index >= 15 is 0 Å². The van der Waals surface area contributed by atoms with Crippen molar-refractivity contribution in [3.63, 3.8) is 0 Å². The van der Waals surface area contributed by atoms with Gasteiger partial charge in [0.15, 0.2) is 0 Å². The Hall–Kier alpha value is -3.14. The van der Waals surface area contributed by atoms with Crippen LogP contribution < -0.4 is 20.4 Å². The molecule has 3 aromatic carbocycles. The molecule has 0 atom stereocenters. The zero-order valence-electron chi connectivity index (χ0n) is 17.2. The van der Waals surface area contributed by atoms with Crippen LogP contribution in [-0.4, -0.2) is 28.2 Å². The molecule has 0 amide bonds.